The van der Waals surface area contributed by atoms with Crippen LogP contribution < -0.4 is 9.47 Å². The van der Waals surface area contributed by atoms with Crippen molar-refractivity contribution in [2.45, 2.75) is 31.5 Å². The van der Waals surface area contributed by atoms with Crippen LogP contribution in [0.25, 0.3) is 0 Å². The topological polar surface area (TPSA) is 68.3 Å². The molecule has 3 fully saturated rings. The molecule has 3 aliphatic heterocycles. The number of hydrogen-bond acceptors (Lipinski definition) is 5. The monoisotopic (exact) mass is 346 g/mol. The van der Waals surface area contributed by atoms with Gasteiger partial charge in [0.15, 0.2) is 12.3 Å². The summed E-state index contributed by atoms with van der Waals surface area (Å²) < 4.78 is 16.9. The van der Waals surface area contributed by atoms with Gasteiger partial charge in [-0.25, -0.2) is 0 Å². The number of nitrogens with zero attached hydrogens (tertiary/aromatic N) is 2. The first-order chi connectivity index (χ1) is 12.1. The van der Waals surface area contributed by atoms with Gasteiger partial charge in [-0.15, -0.1) is 0 Å². The number of benzene rings is 1. The summed E-state index contributed by atoms with van der Waals surface area (Å²) >= 11 is 0. The Bertz CT molecular complexity index is 677. The maximum atomic E-state index is 12.6. The molecule has 0 unspecified atom stereocenters. The molecule has 1 aromatic carbocycles. The van der Waals surface area contributed by atoms with E-state index >= 15 is 0 Å². The van der Waals surface area contributed by atoms with E-state index in [9.17, 15) is 9.59 Å². The number of rotatable bonds is 5. The number of ether oxygens (including phenoxy) is 3. The quantitative estimate of drug-likeness (QED) is 0.796. The van der Waals surface area contributed by atoms with Crippen molar-refractivity contribution in [2.24, 2.45) is 0 Å². The molecule has 134 valence electrons. The predicted molar refractivity (Wildman–Crippen MR) is 88.2 cm³/mol. The SMILES string of the molecule is CCOc1ccc(OCC(=O)N2CC[C@@]34OCCN3C(=O)C[C@@H]24)cc1. The zero-order valence-corrected chi connectivity index (χ0v) is 14.3. The van der Waals surface area contributed by atoms with E-state index in [0.717, 1.165) is 5.75 Å². The third-order valence-corrected chi connectivity index (χ3v) is 5.22. The van der Waals surface area contributed by atoms with Crippen LogP contribution in [0, 0.1) is 0 Å². The molecule has 3 saturated heterocycles. The molecule has 3 heterocycles. The predicted octanol–water partition coefficient (Wildman–Crippen LogP) is 1.02. The highest BCUT2D eigenvalue weighted by Gasteiger charge is 2.62. The molecular weight excluding hydrogens is 324 g/mol. The minimum atomic E-state index is -0.591. The normalized spacial score (nSPS) is 27.4. The molecule has 0 radical (unpaired) electrons. The van der Waals surface area contributed by atoms with Gasteiger partial charge in [-0.3, -0.25) is 9.59 Å². The molecule has 0 bridgehead atoms. The second kappa shape index (κ2) is 6.22. The summed E-state index contributed by atoms with van der Waals surface area (Å²) in [4.78, 5) is 28.3. The Morgan fingerprint density at radius 1 is 1.24 bits per heavy atom. The maximum absolute atomic E-state index is 12.6. The van der Waals surface area contributed by atoms with E-state index in [4.69, 9.17) is 14.2 Å². The zero-order chi connectivity index (χ0) is 17.4. The van der Waals surface area contributed by atoms with Crippen molar-refractivity contribution in [3.63, 3.8) is 0 Å². The van der Waals surface area contributed by atoms with E-state index < -0.39 is 5.72 Å². The number of carbonyl (C=O) groups is 2. The van der Waals surface area contributed by atoms with E-state index in [1.165, 1.54) is 0 Å². The Balaban J connectivity index is 1.38. The smallest absolute Gasteiger partial charge is 0.260 e. The second-order valence-electron chi connectivity index (χ2n) is 6.49. The van der Waals surface area contributed by atoms with Gasteiger partial charge in [-0.05, 0) is 31.2 Å². The maximum Gasteiger partial charge on any atom is 0.260 e. The van der Waals surface area contributed by atoms with Crippen molar-refractivity contribution in [2.75, 3.05) is 32.9 Å². The van der Waals surface area contributed by atoms with E-state index in [1.807, 2.05) is 19.1 Å². The minimum absolute atomic E-state index is 0.0469. The van der Waals surface area contributed by atoms with Gasteiger partial charge in [-0.2, -0.15) is 0 Å². The summed E-state index contributed by atoms with van der Waals surface area (Å²) in [5.41, 5.74) is -0.591. The van der Waals surface area contributed by atoms with Crippen molar-refractivity contribution in [1.82, 2.24) is 9.80 Å². The Morgan fingerprint density at radius 2 is 1.96 bits per heavy atom. The van der Waals surface area contributed by atoms with E-state index in [1.54, 1.807) is 21.9 Å². The highest BCUT2D eigenvalue weighted by atomic mass is 16.5. The van der Waals surface area contributed by atoms with Gasteiger partial charge in [0.05, 0.1) is 25.7 Å². The lowest BCUT2D eigenvalue weighted by atomic mass is 10.1. The molecule has 25 heavy (non-hydrogen) atoms. The summed E-state index contributed by atoms with van der Waals surface area (Å²) in [7, 11) is 0. The standard InChI is InChI=1S/C18H22N2O5/c1-2-23-13-3-5-14(6-4-13)24-12-17(22)19-8-7-18-15(19)11-16(21)20(18)9-10-25-18/h3-6,15H,2,7-12H2,1H3/t15-,18+/m1/s1. The molecule has 1 spiro atoms. The lowest BCUT2D eigenvalue weighted by Gasteiger charge is -2.31. The van der Waals surface area contributed by atoms with Gasteiger partial charge in [-0.1, -0.05) is 0 Å². The average Bonchev–Trinajstić information content (AvgIpc) is 3.25. The van der Waals surface area contributed by atoms with Crippen LogP contribution in [0.2, 0.25) is 0 Å². The van der Waals surface area contributed by atoms with Crippen LogP contribution >= 0.6 is 0 Å². The van der Waals surface area contributed by atoms with Crippen LogP contribution in [0.5, 0.6) is 11.5 Å². The average molecular weight is 346 g/mol. The number of likely N-dealkylation sites (tertiary alicyclic amines) is 1. The van der Waals surface area contributed by atoms with E-state index in [2.05, 4.69) is 0 Å². The fraction of sp³-hybridized carbons (Fsp3) is 0.556. The molecule has 0 aliphatic carbocycles. The molecule has 7 heteroatoms. The Hall–Kier alpha value is -2.28. The molecule has 0 N–H and O–H groups in total. The Kier molecular flexibility index (Phi) is 4.03. The van der Waals surface area contributed by atoms with Gasteiger partial charge in [0.25, 0.3) is 5.91 Å². The van der Waals surface area contributed by atoms with Crippen molar-refractivity contribution in [1.29, 1.82) is 0 Å². The Morgan fingerprint density at radius 3 is 2.68 bits per heavy atom. The highest BCUT2D eigenvalue weighted by molar-refractivity contribution is 5.85. The van der Waals surface area contributed by atoms with E-state index in [-0.39, 0.29) is 24.5 Å². The summed E-state index contributed by atoms with van der Waals surface area (Å²) in [6.45, 7) is 4.26. The number of carbonyl (C=O) groups excluding carboxylic acids is 2. The lowest BCUT2D eigenvalue weighted by molar-refractivity contribution is -0.140. The molecule has 0 saturated carbocycles. The highest BCUT2D eigenvalue weighted by Crippen LogP contribution is 2.45. The van der Waals surface area contributed by atoms with Gasteiger partial charge < -0.3 is 24.0 Å². The summed E-state index contributed by atoms with van der Waals surface area (Å²) in [6.07, 6.45) is 1.02. The van der Waals surface area contributed by atoms with E-state index in [0.29, 0.717) is 44.9 Å². The van der Waals surface area contributed by atoms with Crippen LogP contribution in [0.3, 0.4) is 0 Å². The molecule has 2 atom stereocenters. The molecule has 1 aromatic rings. The van der Waals surface area contributed by atoms with Crippen molar-refractivity contribution < 1.29 is 23.8 Å². The third kappa shape index (κ3) is 2.63. The first kappa shape index (κ1) is 16.2. The molecule has 2 amide bonds. The Labute approximate surface area is 146 Å². The van der Waals surface area contributed by atoms with Gasteiger partial charge >= 0.3 is 0 Å². The van der Waals surface area contributed by atoms with Crippen LogP contribution in [0.15, 0.2) is 24.3 Å². The molecule has 0 aromatic heterocycles. The summed E-state index contributed by atoms with van der Waals surface area (Å²) in [6, 6.07) is 7.00. The minimum Gasteiger partial charge on any atom is -0.494 e. The van der Waals surface area contributed by atoms with Gasteiger partial charge in [0.2, 0.25) is 5.91 Å². The van der Waals surface area contributed by atoms with Crippen molar-refractivity contribution in [3.05, 3.63) is 24.3 Å². The van der Waals surface area contributed by atoms with Gasteiger partial charge in [0, 0.05) is 19.5 Å². The fourth-order valence-electron chi connectivity index (χ4n) is 4.12. The van der Waals surface area contributed by atoms with Crippen molar-refractivity contribution in [3.8, 4) is 11.5 Å². The molecule has 4 rings (SSSR count). The largest absolute Gasteiger partial charge is 0.494 e. The summed E-state index contributed by atoms with van der Waals surface area (Å²) in [5.74, 6) is 1.35. The first-order valence-corrected chi connectivity index (χ1v) is 8.73. The summed E-state index contributed by atoms with van der Waals surface area (Å²) in [5, 5.41) is 0. The lowest BCUT2D eigenvalue weighted by Crippen LogP contribution is -2.49. The molecular formula is C18H22N2O5. The fourth-order valence-corrected chi connectivity index (χ4v) is 4.12. The third-order valence-electron chi connectivity index (χ3n) is 5.22. The van der Waals surface area contributed by atoms with Crippen molar-refractivity contribution >= 4 is 11.8 Å². The zero-order valence-electron chi connectivity index (χ0n) is 14.3. The van der Waals surface area contributed by atoms with Crippen LogP contribution in [-0.4, -0.2) is 66.3 Å². The van der Waals surface area contributed by atoms with Crippen LogP contribution in [0.4, 0.5) is 0 Å². The first-order valence-electron chi connectivity index (χ1n) is 8.73. The number of amides is 2. The second-order valence-corrected chi connectivity index (χ2v) is 6.49. The van der Waals surface area contributed by atoms with Crippen LogP contribution in [-0.2, 0) is 14.3 Å². The number of hydrogen-bond donors (Lipinski definition) is 0. The molecule has 3 aliphatic rings. The van der Waals surface area contributed by atoms with Crippen LogP contribution in [0.1, 0.15) is 19.8 Å². The van der Waals surface area contributed by atoms with Gasteiger partial charge in [0.1, 0.15) is 11.5 Å². The molecule has 7 nitrogen and oxygen atoms in total.